The molecule has 1 aromatic carbocycles. The van der Waals surface area contributed by atoms with Gasteiger partial charge in [0.25, 0.3) is 0 Å². The van der Waals surface area contributed by atoms with Gasteiger partial charge in [0, 0.05) is 38.3 Å². The number of hydrogen-bond donors (Lipinski definition) is 1. The smallest absolute Gasteiger partial charge is 0.227 e. The second-order valence-corrected chi connectivity index (χ2v) is 8.03. The fourth-order valence-electron chi connectivity index (χ4n) is 4.40. The summed E-state index contributed by atoms with van der Waals surface area (Å²) in [5.74, 6) is 0.473. The molecule has 0 radical (unpaired) electrons. The largest absolute Gasteiger partial charge is 0.356 e. The highest BCUT2D eigenvalue weighted by atomic mass is 16.2. The Morgan fingerprint density at radius 3 is 2.74 bits per heavy atom. The fourth-order valence-corrected chi connectivity index (χ4v) is 4.40. The number of benzene rings is 1. The van der Waals surface area contributed by atoms with Crippen LogP contribution in [0.2, 0.25) is 0 Å². The molecule has 2 aliphatic rings. The summed E-state index contributed by atoms with van der Waals surface area (Å²) in [6.07, 6.45) is 5.97. The number of anilines is 2. The highest BCUT2D eigenvalue weighted by Crippen LogP contribution is 2.26. The Balaban J connectivity index is 1.20. The van der Waals surface area contributed by atoms with E-state index in [9.17, 15) is 9.59 Å². The molecule has 0 saturated carbocycles. The average molecular weight is 419 g/mol. The normalized spacial score (nSPS) is 18.8. The van der Waals surface area contributed by atoms with Crippen molar-refractivity contribution in [3.8, 4) is 0 Å². The Morgan fingerprint density at radius 1 is 1.13 bits per heavy atom. The van der Waals surface area contributed by atoms with E-state index >= 15 is 0 Å². The van der Waals surface area contributed by atoms with Gasteiger partial charge in [0.2, 0.25) is 11.8 Å². The summed E-state index contributed by atoms with van der Waals surface area (Å²) >= 11 is 0. The lowest BCUT2D eigenvalue weighted by atomic mass is 10.1. The molecule has 1 atom stereocenters. The number of nitrogens with one attached hydrogen (secondary N) is 1. The molecule has 160 valence electrons. The van der Waals surface area contributed by atoms with Crippen LogP contribution in [0.3, 0.4) is 0 Å². The first kappa shape index (κ1) is 19.5. The molecule has 2 amide bonds. The van der Waals surface area contributed by atoms with E-state index < -0.39 is 0 Å². The van der Waals surface area contributed by atoms with E-state index in [4.69, 9.17) is 0 Å². The molecule has 5 rings (SSSR count). The monoisotopic (exact) mass is 419 g/mol. The van der Waals surface area contributed by atoms with Crippen molar-refractivity contribution in [3.63, 3.8) is 0 Å². The van der Waals surface area contributed by atoms with Crippen molar-refractivity contribution in [1.82, 2.24) is 25.1 Å². The third kappa shape index (κ3) is 3.83. The third-order valence-corrected chi connectivity index (χ3v) is 6.00. The summed E-state index contributed by atoms with van der Waals surface area (Å²) in [6.45, 7) is 3.36. The predicted octanol–water partition coefficient (Wildman–Crippen LogP) is 1.60. The predicted molar refractivity (Wildman–Crippen MR) is 117 cm³/mol. The minimum atomic E-state index is -0.342. The van der Waals surface area contributed by atoms with Crippen LogP contribution in [0.1, 0.15) is 19.3 Å². The van der Waals surface area contributed by atoms with E-state index in [2.05, 4.69) is 25.3 Å². The first-order valence-electron chi connectivity index (χ1n) is 10.8. The van der Waals surface area contributed by atoms with Gasteiger partial charge < -0.3 is 15.1 Å². The molecule has 0 bridgehead atoms. The zero-order valence-corrected chi connectivity index (χ0v) is 17.3. The van der Waals surface area contributed by atoms with Crippen LogP contribution in [-0.2, 0) is 16.1 Å². The van der Waals surface area contributed by atoms with Crippen molar-refractivity contribution in [3.05, 3.63) is 42.9 Å². The molecule has 0 spiro atoms. The SMILES string of the molecule is O=C(NCCn1ncc2c(N3CCCC3)ncnc21)[C@H]1CC(=O)N(c2ccccc2)C1. The van der Waals surface area contributed by atoms with Crippen LogP contribution in [0.25, 0.3) is 11.0 Å². The molecule has 3 aromatic rings. The lowest BCUT2D eigenvalue weighted by Gasteiger charge is -2.17. The highest BCUT2D eigenvalue weighted by Gasteiger charge is 2.34. The summed E-state index contributed by atoms with van der Waals surface area (Å²) in [6, 6.07) is 9.47. The Bertz CT molecular complexity index is 1090. The molecule has 9 nitrogen and oxygen atoms in total. The van der Waals surface area contributed by atoms with Gasteiger partial charge in [-0.05, 0) is 25.0 Å². The van der Waals surface area contributed by atoms with Gasteiger partial charge in [-0.25, -0.2) is 14.6 Å². The van der Waals surface area contributed by atoms with Crippen molar-refractivity contribution >= 4 is 34.4 Å². The minimum Gasteiger partial charge on any atom is -0.356 e. The number of carbonyl (C=O) groups excluding carboxylic acids is 2. The minimum absolute atomic E-state index is 0.0180. The topological polar surface area (TPSA) is 96.2 Å². The number of hydrogen-bond acceptors (Lipinski definition) is 6. The summed E-state index contributed by atoms with van der Waals surface area (Å²) in [5.41, 5.74) is 1.61. The van der Waals surface area contributed by atoms with Crippen molar-refractivity contribution < 1.29 is 9.59 Å². The number of amides is 2. The van der Waals surface area contributed by atoms with Gasteiger partial charge in [-0.3, -0.25) is 9.59 Å². The summed E-state index contributed by atoms with van der Waals surface area (Å²) < 4.78 is 1.80. The lowest BCUT2D eigenvalue weighted by Crippen LogP contribution is -2.35. The van der Waals surface area contributed by atoms with E-state index in [1.54, 1.807) is 22.1 Å². The standard InChI is InChI=1S/C22H25N7O2/c30-19-12-16(14-28(19)17-6-2-1-3-7-17)22(31)23-8-11-29-21-18(13-26-29)20(24-15-25-21)27-9-4-5-10-27/h1-3,6-7,13,15-16H,4-5,8-12,14H2,(H,23,31)/t16-/m0/s1. The Kier molecular flexibility index (Phi) is 5.23. The summed E-state index contributed by atoms with van der Waals surface area (Å²) in [7, 11) is 0. The number of carbonyl (C=O) groups is 2. The van der Waals surface area contributed by atoms with Crippen LogP contribution in [0.15, 0.2) is 42.9 Å². The van der Waals surface area contributed by atoms with Gasteiger partial charge in [0.05, 0.1) is 24.0 Å². The summed E-state index contributed by atoms with van der Waals surface area (Å²) in [4.78, 5) is 37.8. The highest BCUT2D eigenvalue weighted by molar-refractivity contribution is 6.00. The van der Waals surface area contributed by atoms with Crippen LogP contribution in [-0.4, -0.2) is 57.7 Å². The first-order valence-corrected chi connectivity index (χ1v) is 10.8. The second kappa shape index (κ2) is 8.33. The van der Waals surface area contributed by atoms with Gasteiger partial charge in [0.1, 0.15) is 12.1 Å². The average Bonchev–Trinajstić information content (AvgIpc) is 3.54. The van der Waals surface area contributed by atoms with E-state index in [1.165, 1.54) is 12.8 Å². The van der Waals surface area contributed by atoms with E-state index in [-0.39, 0.29) is 24.2 Å². The molecule has 2 saturated heterocycles. The van der Waals surface area contributed by atoms with Crippen molar-refractivity contribution in [2.24, 2.45) is 5.92 Å². The van der Waals surface area contributed by atoms with Crippen LogP contribution >= 0.6 is 0 Å². The molecular formula is C22H25N7O2. The van der Waals surface area contributed by atoms with Gasteiger partial charge in [0.15, 0.2) is 5.65 Å². The van der Waals surface area contributed by atoms with Gasteiger partial charge in [-0.15, -0.1) is 0 Å². The van der Waals surface area contributed by atoms with Crippen molar-refractivity contribution in [2.45, 2.75) is 25.8 Å². The molecule has 4 heterocycles. The van der Waals surface area contributed by atoms with Crippen LogP contribution in [0.5, 0.6) is 0 Å². The van der Waals surface area contributed by atoms with Crippen LogP contribution < -0.4 is 15.1 Å². The van der Waals surface area contributed by atoms with Gasteiger partial charge >= 0.3 is 0 Å². The van der Waals surface area contributed by atoms with Crippen molar-refractivity contribution in [2.75, 3.05) is 36.0 Å². The molecule has 2 fully saturated rings. The number of aromatic nitrogens is 4. The third-order valence-electron chi connectivity index (χ3n) is 6.00. The van der Waals surface area contributed by atoms with E-state index in [0.29, 0.717) is 19.6 Å². The maximum atomic E-state index is 12.6. The zero-order chi connectivity index (χ0) is 21.2. The number of nitrogens with zero attached hydrogens (tertiary/aromatic N) is 6. The van der Waals surface area contributed by atoms with Crippen molar-refractivity contribution in [1.29, 1.82) is 0 Å². The maximum Gasteiger partial charge on any atom is 0.227 e. The Morgan fingerprint density at radius 2 is 1.94 bits per heavy atom. The number of para-hydroxylation sites is 1. The summed E-state index contributed by atoms with van der Waals surface area (Å²) in [5, 5.41) is 8.36. The lowest BCUT2D eigenvalue weighted by molar-refractivity contribution is -0.126. The number of rotatable bonds is 6. The molecule has 31 heavy (non-hydrogen) atoms. The van der Waals surface area contributed by atoms with Crippen LogP contribution in [0, 0.1) is 5.92 Å². The molecule has 0 unspecified atom stereocenters. The van der Waals surface area contributed by atoms with Crippen LogP contribution in [0.4, 0.5) is 11.5 Å². The first-order chi connectivity index (χ1) is 15.2. The quantitative estimate of drug-likeness (QED) is 0.652. The molecular weight excluding hydrogens is 394 g/mol. The number of fused-ring (bicyclic) bond motifs is 1. The van der Waals surface area contributed by atoms with Gasteiger partial charge in [-0.2, -0.15) is 5.10 Å². The van der Waals surface area contributed by atoms with Gasteiger partial charge in [-0.1, -0.05) is 18.2 Å². The Hall–Kier alpha value is -3.49. The Labute approximate surface area is 180 Å². The molecule has 2 aromatic heterocycles. The molecule has 1 N–H and O–H groups in total. The maximum absolute atomic E-state index is 12.6. The molecule has 9 heteroatoms. The van der Waals surface area contributed by atoms with E-state index in [1.807, 2.05) is 30.3 Å². The molecule has 0 aliphatic carbocycles. The second-order valence-electron chi connectivity index (χ2n) is 8.03. The zero-order valence-electron chi connectivity index (χ0n) is 17.3. The fraction of sp³-hybridized carbons (Fsp3) is 0.409. The van der Waals surface area contributed by atoms with E-state index in [0.717, 1.165) is 35.6 Å². The molecule has 2 aliphatic heterocycles.